The standard InChI is InChI=1S/C16H23N3/c1-12-6-5-7-13(2)16(12)19-14(3)10-18(4)11-15(19)8-9-17/h5-7,14-15H,8,10-11H2,1-4H3. The van der Waals surface area contributed by atoms with Gasteiger partial charge in [0.1, 0.15) is 0 Å². The van der Waals surface area contributed by atoms with Crippen LogP contribution in [0.25, 0.3) is 0 Å². The smallest absolute Gasteiger partial charge is 0.0643 e. The van der Waals surface area contributed by atoms with E-state index in [4.69, 9.17) is 5.26 Å². The van der Waals surface area contributed by atoms with Gasteiger partial charge < -0.3 is 9.80 Å². The van der Waals surface area contributed by atoms with Gasteiger partial charge in [0.2, 0.25) is 0 Å². The molecular weight excluding hydrogens is 234 g/mol. The molecule has 2 atom stereocenters. The van der Waals surface area contributed by atoms with E-state index < -0.39 is 0 Å². The van der Waals surface area contributed by atoms with E-state index in [1.165, 1.54) is 16.8 Å². The number of likely N-dealkylation sites (N-methyl/N-ethyl adjacent to an activating group) is 1. The van der Waals surface area contributed by atoms with Crippen molar-refractivity contribution in [3.63, 3.8) is 0 Å². The van der Waals surface area contributed by atoms with Gasteiger partial charge in [-0.3, -0.25) is 0 Å². The van der Waals surface area contributed by atoms with Gasteiger partial charge in [-0.05, 0) is 38.9 Å². The molecule has 1 saturated heterocycles. The van der Waals surface area contributed by atoms with Crippen LogP contribution in [0.1, 0.15) is 24.5 Å². The van der Waals surface area contributed by atoms with E-state index in [-0.39, 0.29) is 0 Å². The van der Waals surface area contributed by atoms with E-state index in [1.54, 1.807) is 0 Å². The van der Waals surface area contributed by atoms with Crippen molar-refractivity contribution >= 4 is 5.69 Å². The molecule has 0 saturated carbocycles. The van der Waals surface area contributed by atoms with E-state index >= 15 is 0 Å². The first kappa shape index (κ1) is 13.9. The predicted molar refractivity (Wildman–Crippen MR) is 79.4 cm³/mol. The molecule has 3 heteroatoms. The largest absolute Gasteiger partial charge is 0.362 e. The molecule has 19 heavy (non-hydrogen) atoms. The molecule has 2 unspecified atom stereocenters. The summed E-state index contributed by atoms with van der Waals surface area (Å²) in [6, 6.07) is 9.51. The number of aryl methyl sites for hydroxylation is 2. The first-order chi connectivity index (χ1) is 9.04. The summed E-state index contributed by atoms with van der Waals surface area (Å²) in [7, 11) is 2.14. The highest BCUT2D eigenvalue weighted by atomic mass is 15.3. The third-order valence-electron chi connectivity index (χ3n) is 3.99. The summed E-state index contributed by atoms with van der Waals surface area (Å²) in [5, 5.41) is 9.10. The maximum atomic E-state index is 9.10. The second-order valence-corrected chi connectivity index (χ2v) is 5.73. The van der Waals surface area contributed by atoms with E-state index in [9.17, 15) is 0 Å². The first-order valence-corrected chi connectivity index (χ1v) is 6.94. The van der Waals surface area contributed by atoms with Crippen LogP contribution in [0.15, 0.2) is 18.2 Å². The fourth-order valence-electron chi connectivity index (χ4n) is 3.31. The van der Waals surface area contributed by atoms with Gasteiger partial charge in [-0.25, -0.2) is 0 Å². The number of nitriles is 1. The van der Waals surface area contributed by atoms with Crippen molar-refractivity contribution in [3.05, 3.63) is 29.3 Å². The van der Waals surface area contributed by atoms with Gasteiger partial charge >= 0.3 is 0 Å². The lowest BCUT2D eigenvalue weighted by Gasteiger charge is -2.46. The van der Waals surface area contributed by atoms with Crippen molar-refractivity contribution in [1.82, 2.24) is 4.90 Å². The lowest BCUT2D eigenvalue weighted by Crippen LogP contribution is -2.57. The Morgan fingerprint density at radius 2 is 1.89 bits per heavy atom. The Morgan fingerprint density at radius 1 is 1.26 bits per heavy atom. The lowest BCUT2D eigenvalue weighted by molar-refractivity contribution is 0.233. The lowest BCUT2D eigenvalue weighted by atomic mass is 9.99. The molecule has 0 amide bonds. The van der Waals surface area contributed by atoms with Crippen LogP contribution < -0.4 is 4.90 Å². The molecule has 102 valence electrons. The first-order valence-electron chi connectivity index (χ1n) is 6.94. The van der Waals surface area contributed by atoms with Gasteiger partial charge in [-0.15, -0.1) is 0 Å². The zero-order chi connectivity index (χ0) is 14.0. The number of anilines is 1. The maximum absolute atomic E-state index is 9.10. The molecule has 1 heterocycles. The van der Waals surface area contributed by atoms with Crippen molar-refractivity contribution in [1.29, 1.82) is 5.26 Å². The Hall–Kier alpha value is -1.53. The van der Waals surface area contributed by atoms with Gasteiger partial charge in [0, 0.05) is 24.8 Å². The van der Waals surface area contributed by atoms with Crippen LogP contribution in [-0.2, 0) is 0 Å². The highest BCUT2D eigenvalue weighted by molar-refractivity contribution is 5.60. The number of nitrogens with zero attached hydrogens (tertiary/aromatic N) is 3. The molecule has 0 N–H and O–H groups in total. The van der Waals surface area contributed by atoms with Crippen molar-refractivity contribution in [2.45, 2.75) is 39.3 Å². The minimum absolute atomic E-state index is 0.290. The monoisotopic (exact) mass is 257 g/mol. The molecule has 3 nitrogen and oxygen atoms in total. The van der Waals surface area contributed by atoms with E-state index in [1.807, 2.05) is 0 Å². The molecule has 0 aliphatic carbocycles. The van der Waals surface area contributed by atoms with Crippen LogP contribution in [-0.4, -0.2) is 37.1 Å². The minimum atomic E-state index is 0.290. The zero-order valence-corrected chi connectivity index (χ0v) is 12.3. The molecule has 1 aliphatic rings. The molecule has 1 aromatic carbocycles. The summed E-state index contributed by atoms with van der Waals surface area (Å²) in [5.41, 5.74) is 3.93. The van der Waals surface area contributed by atoms with Crippen molar-refractivity contribution in [3.8, 4) is 6.07 Å². The molecule has 1 aliphatic heterocycles. The molecule has 0 radical (unpaired) electrons. The van der Waals surface area contributed by atoms with Crippen molar-refractivity contribution in [2.75, 3.05) is 25.0 Å². The molecule has 1 aromatic rings. The molecule has 2 rings (SSSR count). The van der Waals surface area contributed by atoms with Crippen molar-refractivity contribution in [2.24, 2.45) is 0 Å². The molecular formula is C16H23N3. The van der Waals surface area contributed by atoms with Crippen LogP contribution in [0.5, 0.6) is 0 Å². The Labute approximate surface area is 116 Å². The average molecular weight is 257 g/mol. The Bertz CT molecular complexity index is 469. The Balaban J connectivity index is 2.41. The number of piperazine rings is 1. The second kappa shape index (κ2) is 5.63. The second-order valence-electron chi connectivity index (χ2n) is 5.73. The molecule has 0 spiro atoms. The molecule has 0 aromatic heterocycles. The number of rotatable bonds is 2. The number of benzene rings is 1. The number of para-hydroxylation sites is 1. The quantitative estimate of drug-likeness (QED) is 0.816. The zero-order valence-electron chi connectivity index (χ0n) is 12.3. The van der Waals surface area contributed by atoms with Gasteiger partial charge in [0.05, 0.1) is 18.5 Å². The third kappa shape index (κ3) is 2.74. The fourth-order valence-corrected chi connectivity index (χ4v) is 3.31. The summed E-state index contributed by atoms with van der Waals surface area (Å²) in [6.07, 6.45) is 0.586. The Morgan fingerprint density at radius 3 is 2.47 bits per heavy atom. The average Bonchev–Trinajstić information content (AvgIpc) is 2.32. The van der Waals surface area contributed by atoms with E-state index in [2.05, 4.69) is 61.9 Å². The summed E-state index contributed by atoms with van der Waals surface area (Å²) >= 11 is 0. The van der Waals surface area contributed by atoms with Crippen LogP contribution in [0.2, 0.25) is 0 Å². The topological polar surface area (TPSA) is 30.3 Å². The van der Waals surface area contributed by atoms with Gasteiger partial charge in [-0.1, -0.05) is 18.2 Å². The highest BCUT2D eigenvalue weighted by Crippen LogP contribution is 2.31. The number of hydrogen-bond donors (Lipinski definition) is 0. The van der Waals surface area contributed by atoms with Crippen LogP contribution in [0, 0.1) is 25.2 Å². The molecule has 0 bridgehead atoms. The summed E-state index contributed by atoms with van der Waals surface area (Å²) < 4.78 is 0. The summed E-state index contributed by atoms with van der Waals surface area (Å²) in [4.78, 5) is 4.80. The van der Waals surface area contributed by atoms with E-state index in [0.717, 1.165) is 13.1 Å². The van der Waals surface area contributed by atoms with Gasteiger partial charge in [-0.2, -0.15) is 5.26 Å². The van der Waals surface area contributed by atoms with Crippen LogP contribution in [0.4, 0.5) is 5.69 Å². The third-order valence-corrected chi connectivity index (χ3v) is 3.99. The molecule has 1 fully saturated rings. The van der Waals surface area contributed by atoms with Crippen LogP contribution >= 0.6 is 0 Å². The van der Waals surface area contributed by atoms with Gasteiger partial charge in [0.25, 0.3) is 0 Å². The van der Waals surface area contributed by atoms with Crippen molar-refractivity contribution < 1.29 is 0 Å². The Kier molecular flexibility index (Phi) is 4.11. The normalized spacial score (nSPS) is 24.3. The fraction of sp³-hybridized carbons (Fsp3) is 0.562. The predicted octanol–water partition coefficient (Wildman–Crippen LogP) is 2.73. The van der Waals surface area contributed by atoms with Gasteiger partial charge in [0.15, 0.2) is 0 Å². The van der Waals surface area contributed by atoms with Crippen LogP contribution in [0.3, 0.4) is 0 Å². The number of hydrogen-bond acceptors (Lipinski definition) is 3. The highest BCUT2D eigenvalue weighted by Gasteiger charge is 2.31. The maximum Gasteiger partial charge on any atom is 0.0643 e. The summed E-state index contributed by atoms with van der Waals surface area (Å²) in [6.45, 7) is 8.60. The minimum Gasteiger partial charge on any atom is -0.362 e. The SMILES string of the molecule is Cc1cccc(C)c1N1C(C)CN(C)CC1CC#N. The van der Waals surface area contributed by atoms with E-state index in [0.29, 0.717) is 18.5 Å². The summed E-state index contributed by atoms with van der Waals surface area (Å²) in [5.74, 6) is 0.